The Bertz CT molecular complexity index is 618. The summed E-state index contributed by atoms with van der Waals surface area (Å²) in [6, 6.07) is 9.06. The van der Waals surface area contributed by atoms with E-state index in [-0.39, 0.29) is 11.9 Å². The summed E-state index contributed by atoms with van der Waals surface area (Å²) in [5.41, 5.74) is 2.47. The Balaban J connectivity index is 1.60. The first-order valence-electron chi connectivity index (χ1n) is 7.81. The molecule has 2 aromatic rings. The predicted octanol–water partition coefficient (Wildman–Crippen LogP) is 3.14. The Kier molecular flexibility index (Phi) is 4.80. The van der Waals surface area contributed by atoms with Gasteiger partial charge in [-0.2, -0.15) is 0 Å². The Labute approximate surface area is 130 Å². The topological polar surface area (TPSA) is 45.1 Å². The van der Waals surface area contributed by atoms with Crippen molar-refractivity contribution in [3.8, 4) is 11.1 Å². The lowest BCUT2D eigenvalue weighted by Gasteiger charge is -2.15. The minimum Gasteiger partial charge on any atom is -0.393 e. The highest BCUT2D eigenvalue weighted by Crippen LogP contribution is 2.25. The SMILES string of the molecule is OC1CCCC1CNCc1ccc(-c2ccncc2)cc1F. The molecule has 116 valence electrons. The predicted molar refractivity (Wildman–Crippen MR) is 84.7 cm³/mol. The van der Waals surface area contributed by atoms with Gasteiger partial charge < -0.3 is 10.4 Å². The van der Waals surface area contributed by atoms with Crippen molar-refractivity contribution in [1.29, 1.82) is 0 Å². The summed E-state index contributed by atoms with van der Waals surface area (Å²) >= 11 is 0. The van der Waals surface area contributed by atoms with Crippen molar-refractivity contribution in [2.24, 2.45) is 5.92 Å². The van der Waals surface area contributed by atoms with E-state index in [1.54, 1.807) is 18.5 Å². The molecule has 2 N–H and O–H groups in total. The lowest BCUT2D eigenvalue weighted by atomic mass is 10.0. The van der Waals surface area contributed by atoms with Crippen molar-refractivity contribution in [1.82, 2.24) is 10.3 Å². The first-order valence-corrected chi connectivity index (χ1v) is 7.81. The van der Waals surface area contributed by atoms with Crippen LogP contribution in [0.15, 0.2) is 42.7 Å². The molecule has 0 radical (unpaired) electrons. The number of rotatable bonds is 5. The van der Waals surface area contributed by atoms with Crippen molar-refractivity contribution < 1.29 is 9.50 Å². The molecule has 0 aliphatic heterocycles. The maximum Gasteiger partial charge on any atom is 0.128 e. The minimum atomic E-state index is -0.202. The van der Waals surface area contributed by atoms with E-state index in [1.165, 1.54) is 0 Å². The van der Waals surface area contributed by atoms with Crippen LogP contribution in [-0.4, -0.2) is 22.7 Å². The zero-order valence-electron chi connectivity index (χ0n) is 12.5. The zero-order chi connectivity index (χ0) is 15.4. The number of nitrogens with one attached hydrogen (secondary N) is 1. The highest BCUT2D eigenvalue weighted by molar-refractivity contribution is 5.63. The summed E-state index contributed by atoms with van der Waals surface area (Å²) in [6.45, 7) is 1.23. The summed E-state index contributed by atoms with van der Waals surface area (Å²) in [5, 5.41) is 13.0. The number of nitrogens with zero attached hydrogens (tertiary/aromatic N) is 1. The average molecular weight is 300 g/mol. The summed E-state index contributed by atoms with van der Waals surface area (Å²) in [7, 11) is 0. The smallest absolute Gasteiger partial charge is 0.128 e. The van der Waals surface area contributed by atoms with Crippen molar-refractivity contribution in [2.45, 2.75) is 31.9 Å². The number of hydrogen-bond acceptors (Lipinski definition) is 3. The van der Waals surface area contributed by atoms with Crippen LogP contribution in [0, 0.1) is 11.7 Å². The van der Waals surface area contributed by atoms with Gasteiger partial charge in [0.1, 0.15) is 5.82 Å². The number of aliphatic hydroxyl groups excluding tert-OH is 1. The number of pyridine rings is 1. The van der Waals surface area contributed by atoms with Crippen molar-refractivity contribution in [3.63, 3.8) is 0 Å². The third-order valence-corrected chi connectivity index (χ3v) is 4.41. The maximum atomic E-state index is 14.2. The minimum absolute atomic E-state index is 0.200. The van der Waals surface area contributed by atoms with Crippen LogP contribution < -0.4 is 5.32 Å². The largest absolute Gasteiger partial charge is 0.393 e. The Morgan fingerprint density at radius 1 is 1.14 bits per heavy atom. The summed E-state index contributed by atoms with van der Waals surface area (Å²) in [5.74, 6) is 0.105. The monoisotopic (exact) mass is 300 g/mol. The van der Waals surface area contributed by atoms with E-state index >= 15 is 0 Å². The van der Waals surface area contributed by atoms with Gasteiger partial charge in [0.25, 0.3) is 0 Å². The molecule has 0 saturated heterocycles. The number of aromatic nitrogens is 1. The first-order chi connectivity index (χ1) is 10.7. The fraction of sp³-hybridized carbons (Fsp3) is 0.389. The van der Waals surface area contributed by atoms with Crippen LogP contribution in [0.1, 0.15) is 24.8 Å². The van der Waals surface area contributed by atoms with E-state index < -0.39 is 0 Å². The molecule has 0 spiro atoms. The van der Waals surface area contributed by atoms with E-state index in [1.807, 2.05) is 24.3 Å². The van der Waals surface area contributed by atoms with Crippen molar-refractivity contribution in [2.75, 3.05) is 6.54 Å². The molecule has 1 fully saturated rings. The van der Waals surface area contributed by atoms with Gasteiger partial charge in [0.2, 0.25) is 0 Å². The van der Waals surface area contributed by atoms with Crippen LogP contribution in [-0.2, 0) is 6.54 Å². The molecular formula is C18H21FN2O. The molecule has 4 heteroatoms. The Hall–Kier alpha value is -1.78. The normalized spacial score (nSPS) is 21.2. The van der Waals surface area contributed by atoms with Crippen LogP contribution >= 0.6 is 0 Å². The maximum absolute atomic E-state index is 14.2. The Morgan fingerprint density at radius 3 is 2.64 bits per heavy atom. The van der Waals surface area contributed by atoms with Gasteiger partial charge in [-0.1, -0.05) is 18.6 Å². The zero-order valence-corrected chi connectivity index (χ0v) is 12.5. The summed E-state index contributed by atoms with van der Waals surface area (Å²) in [4.78, 5) is 3.97. The number of halogens is 1. The molecule has 22 heavy (non-hydrogen) atoms. The van der Waals surface area contributed by atoms with E-state index in [4.69, 9.17) is 0 Å². The van der Waals surface area contributed by atoms with Gasteiger partial charge in [-0.3, -0.25) is 4.98 Å². The molecule has 2 atom stereocenters. The lowest BCUT2D eigenvalue weighted by molar-refractivity contribution is 0.131. The van der Waals surface area contributed by atoms with Gasteiger partial charge in [-0.15, -0.1) is 0 Å². The standard InChI is InChI=1S/C18H21FN2O/c19-17-10-14(13-6-8-20-9-7-13)4-5-15(17)11-21-12-16-2-1-3-18(16)22/h4-10,16,18,21-22H,1-3,11-12H2. The second kappa shape index (κ2) is 6.99. The van der Waals surface area contributed by atoms with Crippen LogP contribution in [0.5, 0.6) is 0 Å². The van der Waals surface area contributed by atoms with E-state index in [2.05, 4.69) is 10.3 Å². The summed E-state index contributed by atoms with van der Waals surface area (Å²) < 4.78 is 14.2. The quantitative estimate of drug-likeness (QED) is 0.891. The van der Waals surface area contributed by atoms with Gasteiger partial charge in [0.15, 0.2) is 0 Å². The molecule has 1 aromatic heterocycles. The van der Waals surface area contributed by atoms with E-state index in [0.29, 0.717) is 18.0 Å². The van der Waals surface area contributed by atoms with Crippen LogP contribution in [0.25, 0.3) is 11.1 Å². The molecule has 0 amide bonds. The molecule has 1 aliphatic rings. The van der Waals surface area contributed by atoms with Gasteiger partial charge >= 0.3 is 0 Å². The number of hydrogen-bond donors (Lipinski definition) is 2. The average Bonchev–Trinajstić information content (AvgIpc) is 2.95. The summed E-state index contributed by atoms with van der Waals surface area (Å²) in [6.07, 6.45) is 6.23. The van der Waals surface area contributed by atoms with Gasteiger partial charge in [-0.05, 0) is 48.1 Å². The van der Waals surface area contributed by atoms with Gasteiger partial charge in [0, 0.05) is 31.0 Å². The second-order valence-corrected chi connectivity index (χ2v) is 5.93. The highest BCUT2D eigenvalue weighted by atomic mass is 19.1. The third kappa shape index (κ3) is 3.51. The lowest BCUT2D eigenvalue weighted by Crippen LogP contribution is -2.27. The van der Waals surface area contributed by atoms with E-state index in [9.17, 15) is 9.50 Å². The molecule has 1 aromatic carbocycles. The highest BCUT2D eigenvalue weighted by Gasteiger charge is 2.24. The molecule has 3 rings (SSSR count). The molecule has 1 heterocycles. The van der Waals surface area contributed by atoms with Crippen molar-refractivity contribution in [3.05, 3.63) is 54.1 Å². The van der Waals surface area contributed by atoms with Crippen LogP contribution in [0.2, 0.25) is 0 Å². The van der Waals surface area contributed by atoms with Gasteiger partial charge in [-0.25, -0.2) is 4.39 Å². The van der Waals surface area contributed by atoms with Crippen LogP contribution in [0.4, 0.5) is 4.39 Å². The Morgan fingerprint density at radius 2 is 1.95 bits per heavy atom. The molecule has 2 unspecified atom stereocenters. The first kappa shape index (κ1) is 15.1. The molecule has 0 bridgehead atoms. The van der Waals surface area contributed by atoms with Crippen LogP contribution in [0.3, 0.4) is 0 Å². The molecule has 1 saturated carbocycles. The molecular weight excluding hydrogens is 279 g/mol. The fourth-order valence-electron chi connectivity index (χ4n) is 3.06. The van der Waals surface area contributed by atoms with Gasteiger partial charge in [0.05, 0.1) is 6.10 Å². The molecule has 3 nitrogen and oxygen atoms in total. The fourth-order valence-corrected chi connectivity index (χ4v) is 3.06. The van der Waals surface area contributed by atoms with E-state index in [0.717, 1.165) is 36.9 Å². The number of aliphatic hydroxyl groups is 1. The number of benzene rings is 1. The van der Waals surface area contributed by atoms with Crippen molar-refractivity contribution >= 4 is 0 Å². The second-order valence-electron chi connectivity index (χ2n) is 5.93. The molecule has 1 aliphatic carbocycles. The third-order valence-electron chi connectivity index (χ3n) is 4.41.